The van der Waals surface area contributed by atoms with Crippen LogP contribution in [-0.4, -0.2) is 53.5 Å². The lowest BCUT2D eigenvalue weighted by Gasteiger charge is -2.35. The lowest BCUT2D eigenvalue weighted by Crippen LogP contribution is -2.40. The first-order valence-corrected chi connectivity index (χ1v) is 10.9. The highest BCUT2D eigenvalue weighted by Gasteiger charge is 2.32. The van der Waals surface area contributed by atoms with Gasteiger partial charge in [-0.1, -0.05) is 11.3 Å². The number of pyridine rings is 1. The van der Waals surface area contributed by atoms with Crippen molar-refractivity contribution in [1.29, 1.82) is 0 Å². The Hall–Kier alpha value is -2.00. The fourth-order valence-electron chi connectivity index (χ4n) is 3.47. The zero-order chi connectivity index (χ0) is 20.4. The van der Waals surface area contributed by atoms with Crippen molar-refractivity contribution in [2.75, 3.05) is 13.2 Å². The lowest BCUT2D eigenvalue weighted by atomic mass is 9.83. The molecule has 0 radical (unpaired) electrons. The maximum atomic E-state index is 12.9. The maximum Gasteiger partial charge on any atom is 0.276 e. The molecule has 2 aliphatic carbocycles. The van der Waals surface area contributed by atoms with E-state index in [0.29, 0.717) is 43.0 Å². The summed E-state index contributed by atoms with van der Waals surface area (Å²) >= 11 is 1.36. The Labute approximate surface area is 173 Å². The number of ether oxygens (including phenoxy) is 3. The van der Waals surface area contributed by atoms with Gasteiger partial charge in [-0.25, -0.2) is 14.4 Å². The minimum atomic E-state index is -0.746. The second-order valence-electron chi connectivity index (χ2n) is 7.97. The van der Waals surface area contributed by atoms with Gasteiger partial charge in [0.15, 0.2) is 4.83 Å². The predicted molar refractivity (Wildman–Crippen MR) is 107 cm³/mol. The van der Waals surface area contributed by atoms with Crippen molar-refractivity contribution in [3.63, 3.8) is 0 Å². The summed E-state index contributed by atoms with van der Waals surface area (Å²) < 4.78 is 30.3. The van der Waals surface area contributed by atoms with Crippen molar-refractivity contribution in [2.24, 2.45) is 5.92 Å². The molecule has 158 valence electrons. The molecule has 1 atom stereocenters. The Morgan fingerprint density at radius 3 is 2.79 bits per heavy atom. The molecule has 29 heavy (non-hydrogen) atoms. The Bertz CT molecular complexity index is 851. The standard InChI is InChI=1S/C20H26FN3O4S/c1-11(22-12(2)25)9-26-15-5-13(6-15)10-27-18-4-3-17-19(24-18)29-20(23-17)28-16-7-14(21)8-16/h3-4,11,13-16H,5-10H2,1-2H3,(H,22,25)/t11-,13?,14?,15?,16?/m0/s1. The summed E-state index contributed by atoms with van der Waals surface area (Å²) in [5.41, 5.74) is 0.763. The number of nitrogens with zero attached hydrogens (tertiary/aromatic N) is 2. The highest BCUT2D eigenvalue weighted by Crippen LogP contribution is 2.34. The number of nitrogens with one attached hydrogen (secondary N) is 1. The molecular weight excluding hydrogens is 397 g/mol. The van der Waals surface area contributed by atoms with Gasteiger partial charge in [0, 0.05) is 31.9 Å². The van der Waals surface area contributed by atoms with Crippen LogP contribution in [-0.2, 0) is 9.53 Å². The van der Waals surface area contributed by atoms with Gasteiger partial charge in [-0.3, -0.25) is 4.79 Å². The number of thiazole rings is 1. The normalized spacial score (nSPS) is 27.0. The second-order valence-corrected chi connectivity index (χ2v) is 8.91. The average molecular weight is 424 g/mol. The molecule has 0 spiro atoms. The van der Waals surface area contributed by atoms with Gasteiger partial charge in [0.2, 0.25) is 11.8 Å². The minimum Gasteiger partial charge on any atom is -0.477 e. The van der Waals surface area contributed by atoms with Crippen LogP contribution in [0, 0.1) is 5.92 Å². The monoisotopic (exact) mass is 423 g/mol. The number of amides is 1. The number of hydrogen-bond donors (Lipinski definition) is 1. The van der Waals surface area contributed by atoms with Crippen molar-refractivity contribution >= 4 is 27.6 Å². The van der Waals surface area contributed by atoms with Crippen LogP contribution < -0.4 is 14.8 Å². The third-order valence-corrected chi connectivity index (χ3v) is 6.06. The number of halogens is 1. The molecule has 2 fully saturated rings. The van der Waals surface area contributed by atoms with Crippen LogP contribution in [0.3, 0.4) is 0 Å². The zero-order valence-electron chi connectivity index (χ0n) is 16.6. The molecule has 2 aromatic rings. The summed E-state index contributed by atoms with van der Waals surface area (Å²) in [6, 6.07) is 3.71. The minimum absolute atomic E-state index is 0.0229. The third-order valence-electron chi connectivity index (χ3n) is 5.21. The first-order chi connectivity index (χ1) is 13.9. The maximum absolute atomic E-state index is 12.9. The number of carbonyl (C=O) groups is 1. The summed E-state index contributed by atoms with van der Waals surface area (Å²) in [5, 5.41) is 3.35. The first kappa shape index (κ1) is 20.3. The highest BCUT2D eigenvalue weighted by molar-refractivity contribution is 7.19. The van der Waals surface area contributed by atoms with Gasteiger partial charge in [0.25, 0.3) is 5.19 Å². The van der Waals surface area contributed by atoms with E-state index in [9.17, 15) is 9.18 Å². The van der Waals surface area contributed by atoms with Gasteiger partial charge < -0.3 is 19.5 Å². The Morgan fingerprint density at radius 2 is 2.07 bits per heavy atom. The smallest absolute Gasteiger partial charge is 0.276 e. The number of alkyl halides is 1. The van der Waals surface area contributed by atoms with Crippen molar-refractivity contribution < 1.29 is 23.4 Å². The Kier molecular flexibility index (Phi) is 6.15. The molecule has 2 aliphatic rings. The van der Waals surface area contributed by atoms with Gasteiger partial charge in [-0.2, -0.15) is 0 Å². The summed E-state index contributed by atoms with van der Waals surface area (Å²) in [7, 11) is 0. The zero-order valence-corrected chi connectivity index (χ0v) is 17.4. The summed E-state index contributed by atoms with van der Waals surface area (Å²) in [6.07, 6.45) is 2.19. The van der Waals surface area contributed by atoms with Gasteiger partial charge in [0.1, 0.15) is 17.8 Å². The molecule has 4 rings (SSSR count). The van der Waals surface area contributed by atoms with Crippen LogP contribution >= 0.6 is 11.3 Å². The van der Waals surface area contributed by atoms with Crippen LogP contribution in [0.15, 0.2) is 12.1 Å². The molecule has 1 N–H and O–H groups in total. The number of carbonyl (C=O) groups excluding carboxylic acids is 1. The predicted octanol–water partition coefficient (Wildman–Crippen LogP) is 3.27. The van der Waals surface area contributed by atoms with E-state index in [0.717, 1.165) is 23.2 Å². The molecule has 9 heteroatoms. The van der Waals surface area contributed by atoms with E-state index >= 15 is 0 Å². The van der Waals surface area contributed by atoms with Crippen LogP contribution in [0.2, 0.25) is 0 Å². The summed E-state index contributed by atoms with van der Waals surface area (Å²) in [5.74, 6) is 0.978. The van der Waals surface area contributed by atoms with Crippen molar-refractivity contribution in [1.82, 2.24) is 15.3 Å². The van der Waals surface area contributed by atoms with Crippen LogP contribution in [0.1, 0.15) is 39.5 Å². The average Bonchev–Trinajstić information content (AvgIpc) is 2.99. The van der Waals surface area contributed by atoms with E-state index in [1.54, 1.807) is 0 Å². The van der Waals surface area contributed by atoms with Gasteiger partial charge >= 0.3 is 0 Å². The number of rotatable bonds is 9. The van der Waals surface area contributed by atoms with Gasteiger partial charge in [-0.15, -0.1) is 0 Å². The molecule has 0 aliphatic heterocycles. The fourth-order valence-corrected chi connectivity index (χ4v) is 4.32. The van der Waals surface area contributed by atoms with Gasteiger partial charge in [-0.05, 0) is 31.7 Å². The molecule has 0 unspecified atom stereocenters. The summed E-state index contributed by atoms with van der Waals surface area (Å²) in [6.45, 7) is 4.57. The van der Waals surface area contributed by atoms with E-state index in [1.807, 2.05) is 19.1 Å². The molecule has 0 saturated heterocycles. The van der Waals surface area contributed by atoms with Crippen molar-refractivity contribution in [3.8, 4) is 11.1 Å². The van der Waals surface area contributed by atoms with Crippen LogP contribution in [0.5, 0.6) is 11.1 Å². The van der Waals surface area contributed by atoms with Crippen LogP contribution in [0.25, 0.3) is 10.3 Å². The molecule has 2 saturated carbocycles. The van der Waals surface area contributed by atoms with Crippen molar-refractivity contribution in [3.05, 3.63) is 12.1 Å². The number of hydrogen-bond acceptors (Lipinski definition) is 7. The van der Waals surface area contributed by atoms with Crippen LogP contribution in [0.4, 0.5) is 4.39 Å². The number of aromatic nitrogens is 2. The van der Waals surface area contributed by atoms with E-state index < -0.39 is 6.17 Å². The Morgan fingerprint density at radius 1 is 1.28 bits per heavy atom. The molecular formula is C20H26FN3O4S. The molecule has 7 nitrogen and oxygen atoms in total. The second kappa shape index (κ2) is 8.79. The van der Waals surface area contributed by atoms with Crippen molar-refractivity contribution in [2.45, 2.75) is 64.0 Å². The third kappa shape index (κ3) is 5.33. The molecule has 0 bridgehead atoms. The molecule has 2 aromatic heterocycles. The van der Waals surface area contributed by atoms with E-state index in [4.69, 9.17) is 14.2 Å². The quantitative estimate of drug-likeness (QED) is 0.667. The largest absolute Gasteiger partial charge is 0.477 e. The van der Waals surface area contributed by atoms with E-state index in [-0.39, 0.29) is 24.2 Å². The molecule has 2 heterocycles. The molecule has 1 amide bonds. The molecule has 0 aromatic carbocycles. The highest BCUT2D eigenvalue weighted by atomic mass is 32.1. The topological polar surface area (TPSA) is 82.6 Å². The first-order valence-electron chi connectivity index (χ1n) is 10.0. The summed E-state index contributed by atoms with van der Waals surface area (Å²) in [4.78, 5) is 20.7. The Balaban J connectivity index is 1.19. The SMILES string of the molecule is CC(=O)N[C@@H](C)COC1CC(COc2ccc3nc(OC4CC(F)C4)sc3n2)C1. The fraction of sp³-hybridized carbons (Fsp3) is 0.650. The van der Waals surface area contributed by atoms with E-state index in [2.05, 4.69) is 15.3 Å². The number of fused-ring (bicyclic) bond motifs is 1. The van der Waals surface area contributed by atoms with E-state index in [1.165, 1.54) is 18.3 Å². The van der Waals surface area contributed by atoms with Gasteiger partial charge in [0.05, 0.1) is 19.3 Å². The lowest BCUT2D eigenvalue weighted by molar-refractivity contribution is -0.120.